The highest BCUT2D eigenvalue weighted by atomic mass is 28.4. The molecular weight excluding hydrogens is 408 g/mol. The van der Waals surface area contributed by atoms with Crippen LogP contribution in [-0.2, 0) is 24.9 Å². The number of hydrogen-bond acceptors (Lipinski definition) is 4. The zero-order valence-electron chi connectivity index (χ0n) is 20.5. The van der Waals surface area contributed by atoms with E-state index in [9.17, 15) is 9.59 Å². The number of pyridine rings is 2. The highest BCUT2D eigenvalue weighted by Gasteiger charge is 2.39. The molecule has 1 unspecified atom stereocenters. The molecule has 0 saturated carbocycles. The van der Waals surface area contributed by atoms with Gasteiger partial charge in [-0.2, -0.15) is 0 Å². The summed E-state index contributed by atoms with van der Waals surface area (Å²) in [6, 6.07) is 5.71. The predicted octanol–water partition coefficient (Wildman–Crippen LogP) is 4.49. The van der Waals surface area contributed by atoms with Gasteiger partial charge in [-0.1, -0.05) is 20.8 Å². The second-order valence-electron chi connectivity index (χ2n) is 9.83. The number of aromatic nitrogens is 2. The second-order valence-corrected chi connectivity index (χ2v) is 14.6. The minimum Gasteiger partial charge on any atom is -0.496 e. The summed E-state index contributed by atoms with van der Waals surface area (Å²) in [6.07, 6.45) is 3.69. The summed E-state index contributed by atoms with van der Waals surface area (Å²) in [5.41, 5.74) is 2.17. The first kappa shape index (κ1) is 25.1. The van der Waals surface area contributed by atoms with E-state index in [1.165, 1.54) is 0 Å². The van der Waals surface area contributed by atoms with E-state index >= 15 is 0 Å². The molecule has 0 amide bonds. The summed E-state index contributed by atoms with van der Waals surface area (Å²) in [4.78, 5) is 25.3. The average Bonchev–Trinajstić information content (AvgIpc) is 2.68. The molecule has 0 aliphatic heterocycles. The molecule has 0 radical (unpaired) electrons. The van der Waals surface area contributed by atoms with Crippen molar-refractivity contribution in [3.63, 3.8) is 0 Å². The second kappa shape index (κ2) is 9.57. The minimum absolute atomic E-state index is 0.0179. The van der Waals surface area contributed by atoms with Crippen LogP contribution in [0.3, 0.4) is 0 Å². The van der Waals surface area contributed by atoms with Crippen LogP contribution >= 0.6 is 0 Å². The summed E-state index contributed by atoms with van der Waals surface area (Å²) in [7, 11) is 3.06. The molecule has 172 valence electrons. The zero-order valence-corrected chi connectivity index (χ0v) is 21.5. The Balaban J connectivity index is 2.31. The molecule has 0 spiro atoms. The van der Waals surface area contributed by atoms with E-state index in [1.807, 2.05) is 18.2 Å². The smallest absolute Gasteiger partial charge is 0.257 e. The molecule has 2 aromatic rings. The van der Waals surface area contributed by atoms with Crippen LogP contribution in [0.15, 0.2) is 34.0 Å². The summed E-state index contributed by atoms with van der Waals surface area (Å²) < 4.78 is 15.4. The predicted molar refractivity (Wildman–Crippen MR) is 129 cm³/mol. The third kappa shape index (κ3) is 5.57. The minimum atomic E-state index is -2.09. The molecule has 0 fully saturated rings. The van der Waals surface area contributed by atoms with Gasteiger partial charge in [-0.25, -0.2) is 0 Å². The molecule has 0 saturated heterocycles. The van der Waals surface area contributed by atoms with E-state index < -0.39 is 8.32 Å². The van der Waals surface area contributed by atoms with Gasteiger partial charge in [0.05, 0.1) is 18.8 Å². The van der Waals surface area contributed by atoms with E-state index in [4.69, 9.17) is 9.16 Å². The van der Waals surface area contributed by atoms with Gasteiger partial charge in [0.25, 0.3) is 11.1 Å². The molecule has 2 heterocycles. The van der Waals surface area contributed by atoms with Crippen LogP contribution in [0, 0.1) is 6.92 Å². The number of nitrogens with zero attached hydrogens (tertiary/aromatic N) is 2. The van der Waals surface area contributed by atoms with Gasteiger partial charge < -0.3 is 18.3 Å². The van der Waals surface area contributed by atoms with Crippen molar-refractivity contribution >= 4 is 8.32 Å². The number of rotatable bonds is 8. The van der Waals surface area contributed by atoms with E-state index in [-0.39, 0.29) is 22.3 Å². The van der Waals surface area contributed by atoms with Crippen LogP contribution in [0.2, 0.25) is 18.1 Å². The lowest BCUT2D eigenvalue weighted by atomic mass is 10.0. The molecule has 31 heavy (non-hydrogen) atoms. The van der Waals surface area contributed by atoms with Gasteiger partial charge in [-0.05, 0) is 56.5 Å². The van der Waals surface area contributed by atoms with Crippen molar-refractivity contribution in [2.24, 2.45) is 14.1 Å². The molecule has 7 heteroatoms. The molecule has 0 bridgehead atoms. The van der Waals surface area contributed by atoms with Crippen LogP contribution in [-0.4, -0.2) is 24.6 Å². The third-order valence-corrected chi connectivity index (χ3v) is 11.1. The zero-order chi connectivity index (χ0) is 23.6. The topological polar surface area (TPSA) is 62.5 Å². The standard InChI is InChI=1S/C24H38N2O4Si/c1-17-21(29-7)16-18(26(6)22(17)27)12-10-14-20(30-31(8,9)24(2,3)4)19-13-11-15-25(5)23(19)28/h11,13,15-16,20H,10,12,14H2,1-9H3. The Morgan fingerprint density at radius 1 is 1.13 bits per heavy atom. The molecule has 0 aliphatic carbocycles. The van der Waals surface area contributed by atoms with Gasteiger partial charge in [0, 0.05) is 37.6 Å². The number of methoxy groups -OCH3 is 1. The maximum atomic E-state index is 12.8. The fraction of sp³-hybridized carbons (Fsp3) is 0.583. The van der Waals surface area contributed by atoms with Crippen molar-refractivity contribution in [2.75, 3.05) is 7.11 Å². The molecule has 6 nitrogen and oxygen atoms in total. The van der Waals surface area contributed by atoms with Crippen molar-refractivity contribution in [1.82, 2.24) is 9.13 Å². The van der Waals surface area contributed by atoms with Gasteiger partial charge in [-0.3, -0.25) is 9.59 Å². The Labute approximate surface area is 187 Å². The van der Waals surface area contributed by atoms with Crippen molar-refractivity contribution < 1.29 is 9.16 Å². The highest BCUT2D eigenvalue weighted by Crippen LogP contribution is 2.40. The summed E-state index contributed by atoms with van der Waals surface area (Å²) >= 11 is 0. The van der Waals surface area contributed by atoms with Gasteiger partial charge in [0.2, 0.25) is 0 Å². The molecular formula is C24H38N2O4Si. The Morgan fingerprint density at radius 3 is 2.35 bits per heavy atom. The van der Waals surface area contributed by atoms with Gasteiger partial charge in [-0.15, -0.1) is 0 Å². The fourth-order valence-electron chi connectivity index (χ4n) is 3.44. The molecule has 0 N–H and O–H groups in total. The van der Waals surface area contributed by atoms with Crippen molar-refractivity contribution in [3.8, 4) is 5.75 Å². The van der Waals surface area contributed by atoms with Gasteiger partial charge in [0.15, 0.2) is 8.32 Å². The lowest BCUT2D eigenvalue weighted by molar-refractivity contribution is 0.169. The van der Waals surface area contributed by atoms with Crippen molar-refractivity contribution in [1.29, 1.82) is 0 Å². The first-order valence-corrected chi connectivity index (χ1v) is 13.8. The number of hydrogen-bond donors (Lipinski definition) is 0. The van der Waals surface area contributed by atoms with Crippen LogP contribution in [0.4, 0.5) is 0 Å². The normalized spacial score (nSPS) is 13.3. The molecule has 1 atom stereocenters. The molecule has 2 rings (SSSR count). The van der Waals surface area contributed by atoms with Crippen molar-refractivity contribution in [2.45, 2.75) is 71.2 Å². The van der Waals surface area contributed by atoms with Gasteiger partial charge >= 0.3 is 0 Å². The van der Waals surface area contributed by atoms with Crippen molar-refractivity contribution in [3.05, 3.63) is 61.9 Å². The van der Waals surface area contributed by atoms with E-state index in [0.717, 1.165) is 12.1 Å². The molecule has 0 aliphatic rings. The van der Waals surface area contributed by atoms with E-state index in [0.29, 0.717) is 29.7 Å². The largest absolute Gasteiger partial charge is 0.496 e. The maximum Gasteiger partial charge on any atom is 0.257 e. The first-order valence-electron chi connectivity index (χ1n) is 10.9. The van der Waals surface area contributed by atoms with Crippen LogP contribution in [0.1, 0.15) is 56.5 Å². The lowest BCUT2D eigenvalue weighted by Gasteiger charge is -2.39. The fourth-order valence-corrected chi connectivity index (χ4v) is 4.75. The Kier molecular flexibility index (Phi) is 7.76. The lowest BCUT2D eigenvalue weighted by Crippen LogP contribution is -2.42. The Morgan fingerprint density at radius 2 is 1.77 bits per heavy atom. The number of ether oxygens (including phenoxy) is 1. The van der Waals surface area contributed by atoms with Crippen LogP contribution < -0.4 is 15.9 Å². The van der Waals surface area contributed by atoms with Gasteiger partial charge in [0.1, 0.15) is 5.75 Å². The molecule has 0 aromatic carbocycles. The summed E-state index contributed by atoms with van der Waals surface area (Å²) in [5, 5.41) is 0.0412. The third-order valence-electron chi connectivity index (χ3n) is 6.59. The maximum absolute atomic E-state index is 12.8. The Bertz CT molecular complexity index is 1030. The average molecular weight is 447 g/mol. The SMILES string of the molecule is COc1cc(CCCC(O[Si](C)(C)C(C)(C)C)c2cccn(C)c2=O)n(C)c(=O)c1C. The number of aryl methyl sites for hydroxylation is 2. The van der Waals surface area contributed by atoms with E-state index in [1.54, 1.807) is 43.5 Å². The van der Waals surface area contributed by atoms with Crippen LogP contribution in [0.25, 0.3) is 0 Å². The summed E-state index contributed by atoms with van der Waals surface area (Å²) in [6.45, 7) is 12.8. The monoisotopic (exact) mass is 446 g/mol. The van der Waals surface area contributed by atoms with E-state index in [2.05, 4.69) is 33.9 Å². The molecule has 2 aromatic heterocycles. The quantitative estimate of drug-likeness (QED) is 0.561. The summed E-state index contributed by atoms with van der Waals surface area (Å²) in [5.74, 6) is 0.615. The first-order chi connectivity index (χ1) is 14.3. The van der Waals surface area contributed by atoms with Crippen LogP contribution in [0.5, 0.6) is 5.75 Å². The highest BCUT2D eigenvalue weighted by molar-refractivity contribution is 6.74. The Hall–Kier alpha value is -2.12.